The maximum absolute atomic E-state index is 8.51. The van der Waals surface area contributed by atoms with Crippen molar-refractivity contribution in [3.05, 3.63) is 29.6 Å². The van der Waals surface area contributed by atoms with Crippen LogP contribution in [-0.4, -0.2) is 35.0 Å². The number of likely N-dealkylation sites (N-methyl/N-ethyl adjacent to an activating group) is 1. The number of nitrogens with one attached hydrogen (secondary N) is 1. The lowest BCUT2D eigenvalue weighted by Gasteiger charge is -2.15. The van der Waals surface area contributed by atoms with E-state index in [0.29, 0.717) is 6.42 Å². The molecule has 0 bridgehead atoms. The minimum Gasteiger partial charge on any atom is -0.342 e. The van der Waals surface area contributed by atoms with Crippen LogP contribution in [0.4, 0.5) is 0 Å². The summed E-state index contributed by atoms with van der Waals surface area (Å²) >= 11 is 0. The fraction of sp³-hybridized carbons (Fsp3) is 0.467. The van der Waals surface area contributed by atoms with Gasteiger partial charge in [0, 0.05) is 13.0 Å². The number of hydrogen-bond acceptors (Lipinski definition) is 3. The number of aromatic nitrogens is 2. The summed E-state index contributed by atoms with van der Waals surface area (Å²) in [6, 6.07) is 8.58. The van der Waals surface area contributed by atoms with Gasteiger partial charge in [-0.25, -0.2) is 4.98 Å². The molecule has 0 fully saturated rings. The first kappa shape index (κ1) is 13.6. The van der Waals surface area contributed by atoms with Gasteiger partial charge in [0.25, 0.3) is 0 Å². The lowest BCUT2D eigenvalue weighted by atomic mass is 10.1. The van der Waals surface area contributed by atoms with Gasteiger partial charge in [0.2, 0.25) is 0 Å². The number of aromatic amines is 1. The molecule has 19 heavy (non-hydrogen) atoms. The number of imidazole rings is 1. The number of aryl methyl sites for hydroxylation is 1. The van der Waals surface area contributed by atoms with Crippen molar-refractivity contribution in [2.75, 3.05) is 20.1 Å². The molecule has 2 aromatic rings. The molecule has 0 atom stereocenters. The van der Waals surface area contributed by atoms with Crippen LogP contribution in [0.5, 0.6) is 0 Å². The number of nitrogens with zero attached hydrogens (tertiary/aromatic N) is 3. The molecule has 0 aliphatic heterocycles. The second kappa shape index (κ2) is 6.35. The number of hydrogen-bond donors (Lipinski definition) is 1. The number of H-pyrrole nitrogens is 1. The van der Waals surface area contributed by atoms with Crippen LogP contribution in [0.2, 0.25) is 0 Å². The van der Waals surface area contributed by atoms with Crippen molar-refractivity contribution in [1.29, 1.82) is 5.26 Å². The van der Waals surface area contributed by atoms with Crippen LogP contribution < -0.4 is 0 Å². The summed E-state index contributed by atoms with van der Waals surface area (Å²) in [5, 5.41) is 8.51. The highest BCUT2D eigenvalue weighted by molar-refractivity contribution is 5.75. The van der Waals surface area contributed by atoms with E-state index in [1.807, 2.05) is 6.92 Å². The Labute approximate surface area is 114 Å². The molecule has 4 heteroatoms. The van der Waals surface area contributed by atoms with Crippen molar-refractivity contribution in [1.82, 2.24) is 14.9 Å². The zero-order valence-corrected chi connectivity index (χ0v) is 11.6. The molecule has 2 rings (SSSR count). The fourth-order valence-electron chi connectivity index (χ4n) is 2.20. The second-order valence-corrected chi connectivity index (χ2v) is 4.99. The van der Waals surface area contributed by atoms with Gasteiger partial charge >= 0.3 is 0 Å². The molecule has 1 aromatic heterocycles. The van der Waals surface area contributed by atoms with E-state index >= 15 is 0 Å². The number of benzene rings is 1. The summed E-state index contributed by atoms with van der Waals surface area (Å²) in [4.78, 5) is 9.95. The first-order valence-electron chi connectivity index (χ1n) is 6.70. The van der Waals surface area contributed by atoms with Crippen molar-refractivity contribution < 1.29 is 0 Å². The zero-order chi connectivity index (χ0) is 13.7. The third kappa shape index (κ3) is 3.80. The van der Waals surface area contributed by atoms with E-state index in [1.54, 1.807) is 0 Å². The van der Waals surface area contributed by atoms with E-state index in [0.717, 1.165) is 42.8 Å². The van der Waals surface area contributed by atoms with Gasteiger partial charge in [-0.1, -0.05) is 6.07 Å². The third-order valence-electron chi connectivity index (χ3n) is 3.28. The van der Waals surface area contributed by atoms with Crippen molar-refractivity contribution >= 4 is 11.0 Å². The Bertz CT molecular complexity index is 579. The smallest absolute Gasteiger partial charge is 0.104 e. The Morgan fingerprint density at radius 1 is 1.37 bits per heavy atom. The summed E-state index contributed by atoms with van der Waals surface area (Å²) in [5.41, 5.74) is 3.47. The largest absolute Gasteiger partial charge is 0.342 e. The Hall–Kier alpha value is -1.86. The zero-order valence-electron chi connectivity index (χ0n) is 11.6. The molecule has 1 N–H and O–H groups in total. The highest BCUT2D eigenvalue weighted by atomic mass is 15.1. The molecule has 0 aliphatic carbocycles. The van der Waals surface area contributed by atoms with E-state index < -0.39 is 0 Å². The normalized spacial score (nSPS) is 11.1. The fourth-order valence-corrected chi connectivity index (χ4v) is 2.20. The maximum Gasteiger partial charge on any atom is 0.104 e. The maximum atomic E-state index is 8.51. The monoisotopic (exact) mass is 256 g/mol. The molecule has 0 saturated carbocycles. The van der Waals surface area contributed by atoms with Gasteiger partial charge in [0.05, 0.1) is 17.1 Å². The first-order chi connectivity index (χ1) is 9.19. The molecule has 0 saturated heterocycles. The first-order valence-corrected chi connectivity index (χ1v) is 6.70. The van der Waals surface area contributed by atoms with Gasteiger partial charge in [-0.3, -0.25) is 0 Å². The summed E-state index contributed by atoms with van der Waals surface area (Å²) < 4.78 is 0. The van der Waals surface area contributed by atoms with Crippen molar-refractivity contribution in [3.8, 4) is 6.07 Å². The van der Waals surface area contributed by atoms with Crippen LogP contribution in [0, 0.1) is 18.3 Å². The van der Waals surface area contributed by atoms with Crippen molar-refractivity contribution in [2.45, 2.75) is 26.2 Å². The standard InChI is InChI=1S/C15H20N4/c1-12-17-14-6-5-13(11-15(14)18-12)7-10-19(2)9-4-3-8-16/h5-6,11H,3-4,7,9-10H2,1-2H3,(H,17,18). The van der Waals surface area contributed by atoms with Crippen LogP contribution in [0.1, 0.15) is 24.2 Å². The Morgan fingerprint density at radius 3 is 3.00 bits per heavy atom. The van der Waals surface area contributed by atoms with Gasteiger partial charge in [-0.2, -0.15) is 5.26 Å². The van der Waals surface area contributed by atoms with Gasteiger partial charge < -0.3 is 9.88 Å². The van der Waals surface area contributed by atoms with E-state index in [9.17, 15) is 0 Å². The minimum absolute atomic E-state index is 0.643. The number of rotatable bonds is 6. The molecule has 0 unspecified atom stereocenters. The molecule has 0 amide bonds. The summed E-state index contributed by atoms with van der Waals surface area (Å²) in [5.74, 6) is 0.959. The quantitative estimate of drug-likeness (QED) is 0.808. The molecule has 0 radical (unpaired) electrons. The Kier molecular flexibility index (Phi) is 4.53. The third-order valence-corrected chi connectivity index (χ3v) is 3.28. The number of fused-ring (bicyclic) bond motifs is 1. The molecule has 100 valence electrons. The van der Waals surface area contributed by atoms with Crippen LogP contribution in [0.3, 0.4) is 0 Å². The lowest BCUT2D eigenvalue weighted by Crippen LogP contribution is -2.22. The SMILES string of the molecule is Cc1nc2ccc(CCN(C)CCCC#N)cc2[nH]1. The van der Waals surface area contributed by atoms with E-state index in [1.165, 1.54) is 5.56 Å². The molecular formula is C15H20N4. The molecule has 0 spiro atoms. The summed E-state index contributed by atoms with van der Waals surface area (Å²) in [6.07, 6.45) is 2.62. The molecule has 1 heterocycles. The van der Waals surface area contributed by atoms with Crippen LogP contribution in [0.25, 0.3) is 11.0 Å². The van der Waals surface area contributed by atoms with Crippen LogP contribution in [0.15, 0.2) is 18.2 Å². The summed E-state index contributed by atoms with van der Waals surface area (Å²) in [6.45, 7) is 3.98. The summed E-state index contributed by atoms with van der Waals surface area (Å²) in [7, 11) is 2.11. The second-order valence-electron chi connectivity index (χ2n) is 4.99. The Morgan fingerprint density at radius 2 is 2.21 bits per heavy atom. The highest BCUT2D eigenvalue weighted by Crippen LogP contribution is 2.14. The van der Waals surface area contributed by atoms with Crippen LogP contribution in [-0.2, 0) is 6.42 Å². The van der Waals surface area contributed by atoms with E-state index in [4.69, 9.17) is 5.26 Å². The topological polar surface area (TPSA) is 55.7 Å². The molecule has 0 aliphatic rings. The number of nitriles is 1. The van der Waals surface area contributed by atoms with Gasteiger partial charge in [0.1, 0.15) is 5.82 Å². The minimum atomic E-state index is 0.643. The predicted molar refractivity (Wildman–Crippen MR) is 76.9 cm³/mol. The number of unbranched alkanes of at least 4 members (excludes halogenated alkanes) is 1. The lowest BCUT2D eigenvalue weighted by molar-refractivity contribution is 0.335. The molecular weight excluding hydrogens is 236 g/mol. The average molecular weight is 256 g/mol. The van der Waals surface area contributed by atoms with Gasteiger partial charge in [0.15, 0.2) is 0 Å². The van der Waals surface area contributed by atoms with E-state index in [2.05, 4.69) is 46.2 Å². The molecule has 4 nitrogen and oxygen atoms in total. The highest BCUT2D eigenvalue weighted by Gasteiger charge is 2.03. The van der Waals surface area contributed by atoms with Gasteiger partial charge in [-0.15, -0.1) is 0 Å². The van der Waals surface area contributed by atoms with Crippen LogP contribution >= 0.6 is 0 Å². The average Bonchev–Trinajstić information content (AvgIpc) is 2.76. The van der Waals surface area contributed by atoms with Crippen molar-refractivity contribution in [2.24, 2.45) is 0 Å². The van der Waals surface area contributed by atoms with Crippen molar-refractivity contribution in [3.63, 3.8) is 0 Å². The predicted octanol–water partition coefficient (Wildman–Crippen LogP) is 2.65. The van der Waals surface area contributed by atoms with Gasteiger partial charge in [-0.05, 0) is 51.1 Å². The Balaban J connectivity index is 1.89. The van der Waals surface area contributed by atoms with E-state index in [-0.39, 0.29) is 0 Å². The molecule has 1 aromatic carbocycles.